The number of aromatic nitrogens is 1. The van der Waals surface area contributed by atoms with Gasteiger partial charge in [0, 0.05) is 11.9 Å². The third kappa shape index (κ3) is 4.94. The van der Waals surface area contributed by atoms with Gasteiger partial charge in [0.25, 0.3) is 0 Å². The first-order valence-corrected chi connectivity index (χ1v) is 5.92. The van der Waals surface area contributed by atoms with Crippen molar-refractivity contribution in [2.45, 2.75) is 20.3 Å². The van der Waals surface area contributed by atoms with Crippen molar-refractivity contribution in [3.05, 3.63) is 30.1 Å². The van der Waals surface area contributed by atoms with Gasteiger partial charge in [0.05, 0.1) is 0 Å². The van der Waals surface area contributed by atoms with Crippen molar-refractivity contribution in [2.75, 3.05) is 11.5 Å². The second-order valence-corrected chi connectivity index (χ2v) is 4.69. The Morgan fingerprint density at radius 3 is 2.85 bits per heavy atom. The zero-order valence-electron chi connectivity index (χ0n) is 8.36. The molecule has 0 bridgehead atoms. The summed E-state index contributed by atoms with van der Waals surface area (Å²) in [4.78, 5) is 4.28. The van der Waals surface area contributed by atoms with Crippen molar-refractivity contribution in [1.82, 2.24) is 4.98 Å². The smallest absolute Gasteiger partial charge is 0.0411 e. The quantitative estimate of drug-likeness (QED) is 0.670. The fourth-order valence-electron chi connectivity index (χ4n) is 1.04. The van der Waals surface area contributed by atoms with E-state index in [9.17, 15) is 0 Å². The molecule has 0 saturated carbocycles. The third-order valence-electron chi connectivity index (χ3n) is 1.68. The summed E-state index contributed by atoms with van der Waals surface area (Å²) in [5, 5.41) is 0. The zero-order valence-corrected chi connectivity index (χ0v) is 9.18. The van der Waals surface area contributed by atoms with Gasteiger partial charge < -0.3 is 0 Å². The Balaban J connectivity index is 2.13. The van der Waals surface area contributed by atoms with Crippen LogP contribution >= 0.6 is 11.8 Å². The number of rotatable bonds is 5. The van der Waals surface area contributed by atoms with Crippen LogP contribution in [0.3, 0.4) is 0 Å². The summed E-state index contributed by atoms with van der Waals surface area (Å²) < 4.78 is 0. The van der Waals surface area contributed by atoms with E-state index in [-0.39, 0.29) is 0 Å². The Morgan fingerprint density at radius 2 is 2.23 bits per heavy atom. The van der Waals surface area contributed by atoms with Crippen molar-refractivity contribution in [1.29, 1.82) is 0 Å². The number of hydrogen-bond donors (Lipinski definition) is 0. The Hall–Kier alpha value is -0.500. The van der Waals surface area contributed by atoms with E-state index in [2.05, 4.69) is 31.0 Å². The van der Waals surface area contributed by atoms with E-state index in [0.29, 0.717) is 0 Å². The van der Waals surface area contributed by atoms with Crippen LogP contribution in [0.25, 0.3) is 0 Å². The highest BCUT2D eigenvalue weighted by Gasteiger charge is 1.96. The maximum absolute atomic E-state index is 4.28. The number of pyridine rings is 1. The van der Waals surface area contributed by atoms with E-state index in [1.165, 1.54) is 17.2 Å². The maximum Gasteiger partial charge on any atom is 0.0411 e. The largest absolute Gasteiger partial charge is 0.261 e. The molecule has 0 unspecified atom stereocenters. The van der Waals surface area contributed by atoms with E-state index in [1.807, 2.05) is 24.0 Å². The lowest BCUT2D eigenvalue weighted by Crippen LogP contribution is -1.96. The highest BCUT2D eigenvalue weighted by molar-refractivity contribution is 7.99. The van der Waals surface area contributed by atoms with Gasteiger partial charge in [-0.05, 0) is 36.0 Å². The van der Waals surface area contributed by atoms with Gasteiger partial charge in [0.2, 0.25) is 0 Å². The molecular weight excluding hydrogens is 178 g/mol. The first-order chi connectivity index (χ1) is 6.29. The number of hydrogen-bond acceptors (Lipinski definition) is 2. The molecule has 0 radical (unpaired) electrons. The van der Waals surface area contributed by atoms with Crippen molar-refractivity contribution in [3.8, 4) is 0 Å². The monoisotopic (exact) mass is 195 g/mol. The zero-order chi connectivity index (χ0) is 9.52. The Morgan fingerprint density at radius 1 is 1.38 bits per heavy atom. The van der Waals surface area contributed by atoms with Gasteiger partial charge >= 0.3 is 0 Å². The fourth-order valence-corrected chi connectivity index (χ4v) is 2.03. The molecule has 0 aliphatic carbocycles. The van der Waals surface area contributed by atoms with E-state index in [4.69, 9.17) is 0 Å². The standard InChI is InChI=1S/C11H17NS/c1-10(2)9-13-8-6-11-5-3-4-7-12-11/h3-5,7,10H,6,8-9H2,1-2H3. The average Bonchev–Trinajstić information content (AvgIpc) is 2.14. The molecule has 0 aliphatic rings. The fraction of sp³-hybridized carbons (Fsp3) is 0.545. The van der Waals surface area contributed by atoms with Gasteiger partial charge in [-0.25, -0.2) is 0 Å². The van der Waals surface area contributed by atoms with Gasteiger partial charge in [-0.1, -0.05) is 19.9 Å². The first-order valence-electron chi connectivity index (χ1n) is 4.76. The van der Waals surface area contributed by atoms with Gasteiger partial charge in [-0.3, -0.25) is 4.98 Å². The molecule has 0 spiro atoms. The third-order valence-corrected chi connectivity index (χ3v) is 3.08. The van der Waals surface area contributed by atoms with Crippen LogP contribution in [0.15, 0.2) is 24.4 Å². The van der Waals surface area contributed by atoms with E-state index in [0.717, 1.165) is 12.3 Å². The number of nitrogens with zero attached hydrogens (tertiary/aromatic N) is 1. The normalized spacial score (nSPS) is 10.7. The molecule has 1 aromatic heterocycles. The second kappa shape index (κ2) is 6.03. The Labute approximate surface area is 85.0 Å². The van der Waals surface area contributed by atoms with Crippen LogP contribution in [0.5, 0.6) is 0 Å². The molecule has 0 fully saturated rings. The lowest BCUT2D eigenvalue weighted by atomic mass is 10.3. The molecular formula is C11H17NS. The molecule has 0 saturated heterocycles. The molecule has 72 valence electrons. The topological polar surface area (TPSA) is 12.9 Å². The SMILES string of the molecule is CC(C)CSCCc1ccccn1. The Kier molecular flexibility index (Phi) is 4.91. The summed E-state index contributed by atoms with van der Waals surface area (Å²) in [6.45, 7) is 4.52. The van der Waals surface area contributed by atoms with E-state index in [1.54, 1.807) is 0 Å². The minimum Gasteiger partial charge on any atom is -0.261 e. The van der Waals surface area contributed by atoms with Crippen LogP contribution in [-0.2, 0) is 6.42 Å². The molecule has 0 aromatic carbocycles. The maximum atomic E-state index is 4.28. The van der Waals surface area contributed by atoms with Gasteiger partial charge in [-0.15, -0.1) is 0 Å². The Bertz CT molecular complexity index is 221. The molecule has 1 heterocycles. The molecule has 1 nitrogen and oxygen atoms in total. The second-order valence-electron chi connectivity index (χ2n) is 3.54. The summed E-state index contributed by atoms with van der Waals surface area (Å²) in [5.41, 5.74) is 1.21. The summed E-state index contributed by atoms with van der Waals surface area (Å²) in [7, 11) is 0. The predicted molar refractivity (Wildman–Crippen MR) is 60.1 cm³/mol. The van der Waals surface area contributed by atoms with Gasteiger partial charge in [0.15, 0.2) is 0 Å². The van der Waals surface area contributed by atoms with Crippen LogP contribution in [0.4, 0.5) is 0 Å². The molecule has 13 heavy (non-hydrogen) atoms. The van der Waals surface area contributed by atoms with Crippen LogP contribution in [0.2, 0.25) is 0 Å². The minimum absolute atomic E-state index is 0.800. The highest BCUT2D eigenvalue weighted by Crippen LogP contribution is 2.09. The van der Waals surface area contributed by atoms with Crippen LogP contribution in [0.1, 0.15) is 19.5 Å². The summed E-state index contributed by atoms with van der Waals surface area (Å²) in [6.07, 6.45) is 2.96. The lowest BCUT2D eigenvalue weighted by Gasteiger charge is -2.03. The van der Waals surface area contributed by atoms with Crippen LogP contribution in [0, 0.1) is 5.92 Å². The summed E-state index contributed by atoms with van der Waals surface area (Å²) >= 11 is 2.02. The molecule has 0 amide bonds. The number of aryl methyl sites for hydroxylation is 1. The van der Waals surface area contributed by atoms with Gasteiger partial charge in [-0.2, -0.15) is 11.8 Å². The van der Waals surface area contributed by atoms with Crippen LogP contribution in [-0.4, -0.2) is 16.5 Å². The van der Waals surface area contributed by atoms with Crippen molar-refractivity contribution < 1.29 is 0 Å². The number of thioether (sulfide) groups is 1. The van der Waals surface area contributed by atoms with E-state index < -0.39 is 0 Å². The van der Waals surface area contributed by atoms with E-state index >= 15 is 0 Å². The van der Waals surface area contributed by atoms with Crippen molar-refractivity contribution in [3.63, 3.8) is 0 Å². The predicted octanol–water partition coefficient (Wildman–Crippen LogP) is 3.01. The minimum atomic E-state index is 0.800. The highest BCUT2D eigenvalue weighted by atomic mass is 32.2. The van der Waals surface area contributed by atoms with Crippen molar-refractivity contribution >= 4 is 11.8 Å². The summed E-state index contributed by atoms with van der Waals surface area (Å²) in [5.74, 6) is 3.25. The first kappa shape index (κ1) is 10.6. The molecule has 1 aromatic rings. The van der Waals surface area contributed by atoms with Gasteiger partial charge in [0.1, 0.15) is 0 Å². The molecule has 0 aliphatic heterocycles. The van der Waals surface area contributed by atoms with Crippen molar-refractivity contribution in [2.24, 2.45) is 5.92 Å². The lowest BCUT2D eigenvalue weighted by molar-refractivity contribution is 0.750. The molecule has 2 heteroatoms. The van der Waals surface area contributed by atoms with Crippen LogP contribution < -0.4 is 0 Å². The average molecular weight is 195 g/mol. The summed E-state index contributed by atoms with van der Waals surface area (Å²) in [6, 6.07) is 6.11. The molecule has 0 atom stereocenters. The molecule has 1 rings (SSSR count). The molecule has 0 N–H and O–H groups in total.